The van der Waals surface area contributed by atoms with E-state index < -0.39 is 5.92 Å². The highest BCUT2D eigenvalue weighted by Crippen LogP contribution is 2.36. The fraction of sp³-hybridized carbons (Fsp3) is 0.400. The number of benzene rings is 1. The molecule has 144 valence electrons. The normalized spacial score (nSPS) is 17.5. The highest BCUT2D eigenvalue weighted by molar-refractivity contribution is 6.35. The Morgan fingerprint density at radius 1 is 1.30 bits per heavy atom. The van der Waals surface area contributed by atoms with Crippen LogP contribution in [0.3, 0.4) is 0 Å². The number of alkyl halides is 2. The zero-order valence-electron chi connectivity index (χ0n) is 14.7. The summed E-state index contributed by atoms with van der Waals surface area (Å²) in [6.07, 6.45) is 3.81. The first-order valence-electron chi connectivity index (χ1n) is 8.92. The van der Waals surface area contributed by atoms with Crippen molar-refractivity contribution in [1.29, 1.82) is 0 Å². The van der Waals surface area contributed by atoms with Crippen LogP contribution in [0.1, 0.15) is 41.7 Å². The number of hydrogen-bond donors (Lipinski definition) is 2. The van der Waals surface area contributed by atoms with Crippen LogP contribution in [-0.2, 0) is 0 Å². The van der Waals surface area contributed by atoms with Crippen LogP contribution in [0, 0.1) is 5.92 Å². The Balaban J connectivity index is 1.75. The van der Waals surface area contributed by atoms with Gasteiger partial charge in [-0.2, -0.15) is 0 Å². The summed E-state index contributed by atoms with van der Waals surface area (Å²) in [6.45, 7) is 0.271. The van der Waals surface area contributed by atoms with Gasteiger partial charge in [-0.15, -0.1) is 0 Å². The van der Waals surface area contributed by atoms with E-state index in [0.717, 1.165) is 0 Å². The molecule has 27 heavy (non-hydrogen) atoms. The SMILES string of the molecule is O=C(NCC1CCC(F)(F)CC1)c1c(Cl)ccc2nc(/C=C/CO)ccc12. The van der Waals surface area contributed by atoms with Crippen LogP contribution in [0.25, 0.3) is 17.0 Å². The number of fused-ring (bicyclic) bond motifs is 1. The van der Waals surface area contributed by atoms with Crippen LogP contribution in [-0.4, -0.2) is 35.1 Å². The molecule has 1 heterocycles. The minimum Gasteiger partial charge on any atom is -0.392 e. The topological polar surface area (TPSA) is 62.2 Å². The van der Waals surface area contributed by atoms with Crippen molar-refractivity contribution in [3.63, 3.8) is 0 Å². The van der Waals surface area contributed by atoms with Gasteiger partial charge in [0, 0.05) is 24.8 Å². The maximum atomic E-state index is 13.2. The van der Waals surface area contributed by atoms with Crippen molar-refractivity contribution in [1.82, 2.24) is 10.3 Å². The van der Waals surface area contributed by atoms with Gasteiger partial charge in [0.25, 0.3) is 5.91 Å². The van der Waals surface area contributed by atoms with Crippen molar-refractivity contribution in [2.75, 3.05) is 13.2 Å². The molecule has 0 saturated heterocycles. The summed E-state index contributed by atoms with van der Waals surface area (Å²) in [4.78, 5) is 17.1. The van der Waals surface area contributed by atoms with Gasteiger partial charge < -0.3 is 10.4 Å². The van der Waals surface area contributed by atoms with Crippen LogP contribution in [0.5, 0.6) is 0 Å². The van der Waals surface area contributed by atoms with E-state index in [-0.39, 0.29) is 31.3 Å². The molecule has 1 aromatic carbocycles. The molecular weight excluding hydrogens is 374 g/mol. The first-order valence-corrected chi connectivity index (χ1v) is 9.30. The fourth-order valence-electron chi connectivity index (χ4n) is 3.32. The second-order valence-electron chi connectivity index (χ2n) is 6.82. The number of halogens is 3. The zero-order valence-corrected chi connectivity index (χ0v) is 15.5. The predicted octanol–water partition coefficient (Wildman–Crippen LogP) is 4.45. The van der Waals surface area contributed by atoms with Gasteiger partial charge in [0.05, 0.1) is 28.4 Å². The Morgan fingerprint density at radius 2 is 2.04 bits per heavy atom. The Bertz CT molecular complexity index is 860. The third-order valence-corrected chi connectivity index (χ3v) is 5.17. The van der Waals surface area contributed by atoms with Crippen molar-refractivity contribution >= 4 is 34.5 Å². The van der Waals surface area contributed by atoms with E-state index in [9.17, 15) is 13.6 Å². The van der Waals surface area contributed by atoms with Gasteiger partial charge in [0.15, 0.2) is 0 Å². The van der Waals surface area contributed by atoms with Gasteiger partial charge >= 0.3 is 0 Å². The number of carbonyl (C=O) groups is 1. The maximum absolute atomic E-state index is 13.2. The van der Waals surface area contributed by atoms with Gasteiger partial charge in [-0.25, -0.2) is 13.8 Å². The van der Waals surface area contributed by atoms with Gasteiger partial charge in [-0.1, -0.05) is 17.7 Å². The third kappa shape index (κ3) is 4.82. The highest BCUT2D eigenvalue weighted by atomic mass is 35.5. The summed E-state index contributed by atoms with van der Waals surface area (Å²) in [5, 5.41) is 12.6. The van der Waals surface area contributed by atoms with Gasteiger partial charge in [-0.3, -0.25) is 4.79 Å². The molecule has 0 radical (unpaired) electrons. The van der Waals surface area contributed by atoms with E-state index in [1.54, 1.807) is 36.4 Å². The van der Waals surface area contributed by atoms with Crippen molar-refractivity contribution in [2.24, 2.45) is 5.92 Å². The number of carbonyl (C=O) groups excluding carboxylic acids is 1. The monoisotopic (exact) mass is 394 g/mol. The Labute approximate surface area is 161 Å². The molecule has 2 aromatic rings. The first kappa shape index (κ1) is 19.7. The lowest BCUT2D eigenvalue weighted by Gasteiger charge is -2.28. The van der Waals surface area contributed by atoms with Crippen LogP contribution in [0.2, 0.25) is 5.02 Å². The quantitative estimate of drug-likeness (QED) is 0.787. The van der Waals surface area contributed by atoms with E-state index in [0.29, 0.717) is 46.6 Å². The third-order valence-electron chi connectivity index (χ3n) is 4.85. The molecule has 3 rings (SSSR count). The van der Waals surface area contributed by atoms with E-state index >= 15 is 0 Å². The largest absolute Gasteiger partial charge is 0.392 e. The Hall–Kier alpha value is -2.05. The molecule has 1 aliphatic rings. The summed E-state index contributed by atoms with van der Waals surface area (Å²) < 4.78 is 26.5. The fourth-order valence-corrected chi connectivity index (χ4v) is 3.57. The lowest BCUT2D eigenvalue weighted by molar-refractivity contribution is -0.0452. The van der Waals surface area contributed by atoms with E-state index in [4.69, 9.17) is 16.7 Å². The smallest absolute Gasteiger partial charge is 0.253 e. The lowest BCUT2D eigenvalue weighted by atomic mass is 9.87. The number of aliphatic hydroxyl groups excluding tert-OH is 1. The van der Waals surface area contributed by atoms with E-state index in [1.807, 2.05) is 0 Å². The molecule has 1 saturated carbocycles. The molecule has 1 aliphatic carbocycles. The molecule has 0 bridgehead atoms. The number of nitrogens with zero attached hydrogens (tertiary/aromatic N) is 1. The summed E-state index contributed by atoms with van der Waals surface area (Å²) in [6, 6.07) is 6.85. The molecule has 7 heteroatoms. The van der Waals surface area contributed by atoms with Crippen molar-refractivity contribution in [3.8, 4) is 0 Å². The maximum Gasteiger partial charge on any atom is 0.253 e. The summed E-state index contributed by atoms with van der Waals surface area (Å²) in [5.74, 6) is -2.85. The molecule has 0 aliphatic heterocycles. The minimum absolute atomic E-state index is 0.0515. The second-order valence-corrected chi connectivity index (χ2v) is 7.23. The van der Waals surface area contributed by atoms with Gasteiger partial charge in [-0.05, 0) is 49.1 Å². The van der Waals surface area contributed by atoms with Crippen molar-refractivity contribution < 1.29 is 18.7 Å². The average Bonchev–Trinajstić information content (AvgIpc) is 2.65. The molecular formula is C20H21ClF2N2O2. The number of aliphatic hydroxyl groups is 1. The number of amides is 1. The number of aromatic nitrogens is 1. The molecule has 0 spiro atoms. The van der Waals surface area contributed by atoms with Crippen molar-refractivity contribution in [3.05, 3.63) is 46.6 Å². The number of nitrogens with one attached hydrogen (secondary N) is 1. The van der Waals surface area contributed by atoms with Crippen LogP contribution < -0.4 is 5.32 Å². The predicted molar refractivity (Wildman–Crippen MR) is 102 cm³/mol. The molecule has 0 atom stereocenters. The molecule has 4 nitrogen and oxygen atoms in total. The molecule has 0 unspecified atom stereocenters. The molecule has 1 amide bonds. The summed E-state index contributed by atoms with van der Waals surface area (Å²) in [5.41, 5.74) is 1.61. The molecule has 1 aromatic heterocycles. The first-order chi connectivity index (χ1) is 12.9. The molecule has 2 N–H and O–H groups in total. The van der Waals surface area contributed by atoms with Crippen LogP contribution >= 0.6 is 11.6 Å². The van der Waals surface area contributed by atoms with E-state index in [2.05, 4.69) is 10.3 Å². The number of rotatable bonds is 5. The van der Waals surface area contributed by atoms with Gasteiger partial charge in [0.1, 0.15) is 0 Å². The minimum atomic E-state index is -2.58. The summed E-state index contributed by atoms with van der Waals surface area (Å²) in [7, 11) is 0. The zero-order chi connectivity index (χ0) is 19.4. The summed E-state index contributed by atoms with van der Waals surface area (Å²) >= 11 is 6.25. The average molecular weight is 395 g/mol. The number of hydrogen-bond acceptors (Lipinski definition) is 3. The van der Waals surface area contributed by atoms with E-state index in [1.165, 1.54) is 0 Å². The second kappa shape index (κ2) is 8.31. The van der Waals surface area contributed by atoms with Gasteiger partial charge in [0.2, 0.25) is 5.92 Å². The lowest BCUT2D eigenvalue weighted by Crippen LogP contribution is -2.34. The standard InChI is InChI=1S/C20H21ClF2N2O2/c21-16-5-6-17-15(4-3-14(25-17)2-1-11-26)18(16)19(27)24-12-13-7-9-20(22,23)10-8-13/h1-6,13,26H,7-12H2,(H,24,27)/b2-1+. The molecule has 1 fully saturated rings. The Kier molecular flexibility index (Phi) is 6.07. The van der Waals surface area contributed by atoms with Crippen LogP contribution in [0.4, 0.5) is 8.78 Å². The number of pyridine rings is 1. The van der Waals surface area contributed by atoms with Crippen molar-refractivity contribution in [2.45, 2.75) is 31.6 Å². The Morgan fingerprint density at radius 3 is 2.74 bits per heavy atom. The van der Waals surface area contributed by atoms with Crippen LogP contribution in [0.15, 0.2) is 30.3 Å². The highest BCUT2D eigenvalue weighted by Gasteiger charge is 2.34.